The van der Waals surface area contributed by atoms with Crippen molar-refractivity contribution in [3.8, 4) is 11.3 Å². The Morgan fingerprint density at radius 2 is 1.94 bits per heavy atom. The molecule has 0 aliphatic carbocycles. The molecule has 2 aromatic rings. The van der Waals surface area contributed by atoms with E-state index in [-0.39, 0.29) is 17.0 Å². The molecule has 2 N–H and O–H groups in total. The predicted molar refractivity (Wildman–Crippen MR) is 51.3 cm³/mol. The van der Waals surface area contributed by atoms with E-state index >= 15 is 0 Å². The van der Waals surface area contributed by atoms with Crippen LogP contribution in [0.3, 0.4) is 0 Å². The van der Waals surface area contributed by atoms with Crippen molar-refractivity contribution in [1.29, 1.82) is 0 Å². The van der Waals surface area contributed by atoms with Gasteiger partial charge in [0, 0.05) is 0 Å². The lowest BCUT2D eigenvalue weighted by atomic mass is 10.1. The van der Waals surface area contributed by atoms with Crippen LogP contribution in [0.5, 0.6) is 0 Å². The Morgan fingerprint density at radius 1 is 1.24 bits per heavy atom. The van der Waals surface area contributed by atoms with Crippen molar-refractivity contribution in [2.24, 2.45) is 0 Å². The summed E-state index contributed by atoms with van der Waals surface area (Å²) in [5.74, 6) is -1.64. The summed E-state index contributed by atoms with van der Waals surface area (Å²) in [7, 11) is 0. The Bertz CT molecular complexity index is 547. The first-order valence-corrected chi connectivity index (χ1v) is 4.47. The van der Waals surface area contributed by atoms with Crippen molar-refractivity contribution in [3.05, 3.63) is 35.8 Å². The monoisotopic (exact) mass is 246 g/mol. The van der Waals surface area contributed by atoms with Crippen molar-refractivity contribution >= 4 is 5.69 Å². The highest BCUT2D eigenvalue weighted by Gasteiger charge is 2.35. The van der Waals surface area contributed by atoms with Crippen LogP contribution in [0.15, 0.2) is 28.9 Å². The number of hydrogen-bond donors (Lipinski definition) is 1. The zero-order valence-electron chi connectivity index (χ0n) is 8.25. The number of rotatable bonds is 1. The van der Waals surface area contributed by atoms with Crippen molar-refractivity contribution in [1.82, 2.24) is 5.16 Å². The van der Waals surface area contributed by atoms with Gasteiger partial charge in [0.2, 0.25) is 0 Å². The zero-order chi connectivity index (χ0) is 12.6. The molecular formula is C10H6F4N2O. The molecule has 1 aromatic heterocycles. The number of benzene rings is 1. The Balaban J connectivity index is 2.62. The smallest absolute Gasteiger partial charge is 0.394 e. The van der Waals surface area contributed by atoms with Gasteiger partial charge < -0.3 is 10.3 Å². The van der Waals surface area contributed by atoms with Gasteiger partial charge in [-0.25, -0.2) is 4.39 Å². The molecule has 2 rings (SSSR count). The Morgan fingerprint density at radius 3 is 2.47 bits per heavy atom. The van der Waals surface area contributed by atoms with E-state index in [9.17, 15) is 17.6 Å². The van der Waals surface area contributed by atoms with Crippen LogP contribution in [0.25, 0.3) is 11.3 Å². The molecule has 0 radical (unpaired) electrons. The van der Waals surface area contributed by atoms with Gasteiger partial charge in [0.15, 0.2) is 5.76 Å². The van der Waals surface area contributed by atoms with Gasteiger partial charge in [-0.05, 0) is 12.1 Å². The first-order chi connectivity index (χ1) is 7.91. The molecule has 3 nitrogen and oxygen atoms in total. The number of alkyl halides is 3. The highest BCUT2D eigenvalue weighted by atomic mass is 19.4. The molecule has 0 spiro atoms. The molecular weight excluding hydrogens is 240 g/mol. The Kier molecular flexibility index (Phi) is 2.53. The number of hydrogen-bond acceptors (Lipinski definition) is 3. The second kappa shape index (κ2) is 3.76. The average molecular weight is 246 g/mol. The number of nitrogens with two attached hydrogens (primary N) is 1. The predicted octanol–water partition coefficient (Wildman–Crippen LogP) is 3.08. The van der Waals surface area contributed by atoms with Gasteiger partial charge in [-0.1, -0.05) is 11.2 Å². The van der Waals surface area contributed by atoms with Crippen molar-refractivity contribution in [2.75, 3.05) is 5.73 Å². The van der Waals surface area contributed by atoms with E-state index in [2.05, 4.69) is 9.68 Å². The largest absolute Gasteiger partial charge is 0.419 e. The number of halogens is 4. The van der Waals surface area contributed by atoms with Crippen LogP contribution < -0.4 is 5.73 Å². The third-order valence-electron chi connectivity index (χ3n) is 2.15. The third-order valence-corrected chi connectivity index (χ3v) is 2.15. The van der Waals surface area contributed by atoms with Crippen LogP contribution in [-0.2, 0) is 6.18 Å². The lowest BCUT2D eigenvalue weighted by molar-refractivity contribution is -0.139. The lowest BCUT2D eigenvalue weighted by Crippen LogP contribution is -2.08. The second-order valence-electron chi connectivity index (χ2n) is 3.28. The van der Waals surface area contributed by atoms with Crippen LogP contribution >= 0.6 is 0 Å². The first-order valence-electron chi connectivity index (χ1n) is 4.47. The Labute approximate surface area is 92.8 Å². The van der Waals surface area contributed by atoms with Crippen LogP contribution in [0.2, 0.25) is 0 Å². The van der Waals surface area contributed by atoms with E-state index in [1.165, 1.54) is 0 Å². The highest BCUT2D eigenvalue weighted by Crippen LogP contribution is 2.36. The molecule has 0 amide bonds. The van der Waals surface area contributed by atoms with Crippen molar-refractivity contribution in [2.45, 2.75) is 6.18 Å². The minimum absolute atomic E-state index is 0.0248. The van der Waals surface area contributed by atoms with E-state index in [4.69, 9.17) is 5.73 Å². The zero-order valence-corrected chi connectivity index (χ0v) is 8.25. The number of anilines is 1. The number of nitrogens with zero attached hydrogens (tertiary/aromatic N) is 1. The van der Waals surface area contributed by atoms with Crippen LogP contribution in [0.1, 0.15) is 5.56 Å². The molecule has 90 valence electrons. The Hall–Kier alpha value is -2.05. The van der Waals surface area contributed by atoms with Gasteiger partial charge in [-0.3, -0.25) is 0 Å². The molecule has 7 heteroatoms. The second-order valence-corrected chi connectivity index (χ2v) is 3.28. The molecule has 0 bridgehead atoms. The fourth-order valence-corrected chi connectivity index (χ4v) is 1.38. The molecule has 0 atom stereocenters. The van der Waals surface area contributed by atoms with Crippen molar-refractivity contribution < 1.29 is 22.1 Å². The minimum Gasteiger partial charge on any atom is -0.394 e. The fourth-order valence-electron chi connectivity index (χ4n) is 1.38. The molecule has 0 saturated heterocycles. The molecule has 1 heterocycles. The summed E-state index contributed by atoms with van der Waals surface area (Å²) in [4.78, 5) is 0. The van der Waals surface area contributed by atoms with Gasteiger partial charge >= 0.3 is 6.18 Å². The summed E-state index contributed by atoms with van der Waals surface area (Å²) < 4.78 is 55.6. The van der Waals surface area contributed by atoms with E-state index < -0.39 is 17.6 Å². The van der Waals surface area contributed by atoms with Crippen LogP contribution in [0, 0.1) is 5.82 Å². The summed E-state index contributed by atoms with van der Waals surface area (Å²) in [5.41, 5.74) is 3.64. The summed E-state index contributed by atoms with van der Waals surface area (Å²) in [6, 6.07) is 2.86. The normalized spacial score (nSPS) is 11.8. The maximum atomic E-state index is 13.6. The van der Waals surface area contributed by atoms with Gasteiger partial charge in [0.05, 0.1) is 17.3 Å². The molecule has 0 saturated carbocycles. The number of nitrogen functional groups attached to an aromatic ring is 1. The van der Waals surface area contributed by atoms with E-state index in [0.29, 0.717) is 6.07 Å². The molecule has 0 fully saturated rings. The average Bonchev–Trinajstić information content (AvgIpc) is 2.63. The third kappa shape index (κ3) is 1.95. The lowest BCUT2D eigenvalue weighted by Gasteiger charge is -2.09. The molecule has 1 aromatic carbocycles. The van der Waals surface area contributed by atoms with Crippen LogP contribution in [-0.4, -0.2) is 5.16 Å². The van der Waals surface area contributed by atoms with E-state index in [0.717, 1.165) is 18.3 Å². The van der Waals surface area contributed by atoms with Gasteiger partial charge in [-0.15, -0.1) is 0 Å². The van der Waals surface area contributed by atoms with Gasteiger partial charge in [0.1, 0.15) is 11.5 Å². The first kappa shape index (κ1) is 11.4. The van der Waals surface area contributed by atoms with E-state index in [1.807, 2.05) is 0 Å². The molecule has 17 heavy (non-hydrogen) atoms. The minimum atomic E-state index is -4.77. The maximum absolute atomic E-state index is 13.6. The van der Waals surface area contributed by atoms with E-state index in [1.54, 1.807) is 0 Å². The summed E-state index contributed by atoms with van der Waals surface area (Å²) >= 11 is 0. The molecule has 0 aliphatic heterocycles. The molecule has 0 unspecified atom stereocenters. The van der Waals surface area contributed by atoms with Gasteiger partial charge in [-0.2, -0.15) is 13.2 Å². The quantitative estimate of drug-likeness (QED) is 0.786. The summed E-state index contributed by atoms with van der Waals surface area (Å²) in [6.07, 6.45) is -3.68. The van der Waals surface area contributed by atoms with Crippen molar-refractivity contribution in [3.63, 3.8) is 0 Å². The topological polar surface area (TPSA) is 52.0 Å². The fraction of sp³-hybridized carbons (Fsp3) is 0.100. The standard InChI is InChI=1S/C10H6F4N2O/c11-8-5(9-7(15)4-16-17-9)2-1-3-6(8)10(12,13)14/h1-4H,15H2. The van der Waals surface area contributed by atoms with Gasteiger partial charge in [0.25, 0.3) is 0 Å². The number of aromatic nitrogens is 1. The maximum Gasteiger partial charge on any atom is 0.419 e. The SMILES string of the molecule is Nc1cnoc1-c1cccc(C(F)(F)F)c1F. The summed E-state index contributed by atoms with van der Waals surface area (Å²) in [6.45, 7) is 0. The molecule has 0 aliphatic rings. The van der Waals surface area contributed by atoms with Crippen LogP contribution in [0.4, 0.5) is 23.2 Å². The summed E-state index contributed by atoms with van der Waals surface area (Å²) in [5, 5.41) is 3.28. The highest BCUT2D eigenvalue weighted by molar-refractivity contribution is 5.71.